The normalized spacial score (nSPS) is 11.5. The first-order chi connectivity index (χ1) is 19.0. The number of rotatable bonds is 9. The molecule has 0 atom stereocenters. The average Bonchev–Trinajstić information content (AvgIpc) is 2.92. The summed E-state index contributed by atoms with van der Waals surface area (Å²) < 4.78 is 78.9. The molecular weight excluding hydrogens is 569 g/mol. The second-order valence-corrected chi connectivity index (χ2v) is 10.5. The number of halogens is 4. The van der Waals surface area contributed by atoms with E-state index in [1.54, 1.807) is 36.4 Å². The number of anilines is 2. The highest BCUT2D eigenvalue weighted by Crippen LogP contribution is 2.32. The zero-order valence-electron chi connectivity index (χ0n) is 20.8. The lowest BCUT2D eigenvalue weighted by Gasteiger charge is -2.16. The Labute approximate surface area is 233 Å². The number of nitrogens with one attached hydrogen (secondary N) is 2. The van der Waals surface area contributed by atoms with Crippen LogP contribution in [0.1, 0.15) is 21.5 Å². The molecule has 2 N–H and O–H groups in total. The lowest BCUT2D eigenvalue weighted by molar-refractivity contribution is -0.137. The number of hydrogen-bond donors (Lipinski definition) is 2. The number of benzene rings is 4. The Kier molecular flexibility index (Phi) is 8.55. The minimum atomic E-state index is -4.63. The first-order valence-electron chi connectivity index (χ1n) is 11.6. The fraction of sp³-hybridized carbons (Fsp3) is 0.107. The predicted molar refractivity (Wildman–Crippen MR) is 145 cm³/mol. The van der Waals surface area contributed by atoms with Crippen molar-refractivity contribution in [1.29, 1.82) is 0 Å². The molecule has 7 nitrogen and oxygen atoms in total. The number of carbonyl (C=O) groups is 1. The van der Waals surface area contributed by atoms with E-state index in [9.17, 15) is 26.4 Å². The van der Waals surface area contributed by atoms with E-state index in [2.05, 4.69) is 10.0 Å². The van der Waals surface area contributed by atoms with Gasteiger partial charge in [0.2, 0.25) is 0 Å². The molecule has 4 rings (SSSR count). The van der Waals surface area contributed by atoms with Crippen molar-refractivity contribution in [2.45, 2.75) is 17.6 Å². The number of ether oxygens (including phenoxy) is 2. The van der Waals surface area contributed by atoms with Crippen LogP contribution in [0.3, 0.4) is 0 Å². The zero-order valence-corrected chi connectivity index (χ0v) is 22.4. The molecule has 0 aromatic heterocycles. The maximum Gasteiger partial charge on any atom is 0.416 e. The summed E-state index contributed by atoms with van der Waals surface area (Å²) in [6.45, 7) is 0.162. The smallest absolute Gasteiger partial charge is 0.416 e. The zero-order chi connectivity index (χ0) is 28.9. The van der Waals surface area contributed by atoms with Crippen molar-refractivity contribution in [2.24, 2.45) is 0 Å². The summed E-state index contributed by atoms with van der Waals surface area (Å²) in [4.78, 5) is 12.6. The average molecular weight is 591 g/mol. The first-order valence-corrected chi connectivity index (χ1v) is 13.5. The molecule has 4 aromatic carbocycles. The van der Waals surface area contributed by atoms with Gasteiger partial charge in [-0.1, -0.05) is 41.9 Å². The van der Waals surface area contributed by atoms with Gasteiger partial charge >= 0.3 is 12.1 Å². The summed E-state index contributed by atoms with van der Waals surface area (Å²) in [5.41, 5.74) is -0.157. The van der Waals surface area contributed by atoms with Gasteiger partial charge in [0.25, 0.3) is 10.0 Å². The van der Waals surface area contributed by atoms with Gasteiger partial charge in [-0.05, 0) is 60.2 Å². The Morgan fingerprint density at radius 1 is 0.900 bits per heavy atom. The SMILES string of the molecule is COc1cccc(NS(=O)(=O)c2cc(C(=O)Oc3cccc(C(F)(F)F)c3)ccc2NCc2ccccc2Cl)c1. The van der Waals surface area contributed by atoms with Crippen LogP contribution in [0, 0.1) is 0 Å². The number of alkyl halides is 3. The number of carbonyl (C=O) groups excluding carboxylic acids is 1. The molecule has 0 saturated carbocycles. The highest BCUT2D eigenvalue weighted by molar-refractivity contribution is 7.92. The van der Waals surface area contributed by atoms with Crippen LogP contribution in [0.5, 0.6) is 11.5 Å². The van der Waals surface area contributed by atoms with E-state index < -0.39 is 27.7 Å². The molecule has 0 aliphatic carbocycles. The van der Waals surface area contributed by atoms with Crippen molar-refractivity contribution >= 4 is 39.0 Å². The van der Waals surface area contributed by atoms with Crippen LogP contribution < -0.4 is 19.5 Å². The van der Waals surface area contributed by atoms with Gasteiger partial charge in [-0.15, -0.1) is 0 Å². The quantitative estimate of drug-likeness (QED) is 0.161. The van der Waals surface area contributed by atoms with Crippen molar-refractivity contribution in [2.75, 3.05) is 17.1 Å². The molecule has 0 unspecified atom stereocenters. The third kappa shape index (κ3) is 7.04. The maximum atomic E-state index is 13.5. The third-order valence-corrected chi connectivity index (χ3v) is 7.42. The largest absolute Gasteiger partial charge is 0.497 e. The summed E-state index contributed by atoms with van der Waals surface area (Å²) in [5, 5.41) is 3.49. The molecule has 4 aromatic rings. The lowest BCUT2D eigenvalue weighted by Crippen LogP contribution is -2.17. The molecule has 0 aliphatic rings. The first kappa shape index (κ1) is 28.8. The van der Waals surface area contributed by atoms with Crippen LogP contribution in [0.4, 0.5) is 24.5 Å². The van der Waals surface area contributed by atoms with Crippen molar-refractivity contribution in [3.63, 3.8) is 0 Å². The van der Waals surface area contributed by atoms with E-state index in [4.69, 9.17) is 21.1 Å². The van der Waals surface area contributed by atoms with Gasteiger partial charge in [0.15, 0.2) is 0 Å². The van der Waals surface area contributed by atoms with Crippen LogP contribution in [0.2, 0.25) is 5.02 Å². The molecule has 0 radical (unpaired) electrons. The Hall–Kier alpha value is -4.22. The van der Waals surface area contributed by atoms with Crippen molar-refractivity contribution in [3.05, 3.63) is 113 Å². The monoisotopic (exact) mass is 590 g/mol. The second kappa shape index (κ2) is 11.9. The van der Waals surface area contributed by atoms with Gasteiger partial charge in [0.1, 0.15) is 16.4 Å². The molecule has 40 heavy (non-hydrogen) atoms. The van der Waals surface area contributed by atoms with Gasteiger partial charge in [-0.25, -0.2) is 13.2 Å². The molecular formula is C28H22ClF3N2O5S. The minimum absolute atomic E-state index is 0.144. The number of hydrogen-bond acceptors (Lipinski definition) is 6. The molecule has 0 bridgehead atoms. The number of sulfonamides is 1. The van der Waals surface area contributed by atoms with E-state index in [0.29, 0.717) is 22.4 Å². The highest BCUT2D eigenvalue weighted by Gasteiger charge is 2.31. The van der Waals surface area contributed by atoms with E-state index in [0.717, 1.165) is 18.2 Å². The molecule has 0 amide bonds. The lowest BCUT2D eigenvalue weighted by atomic mass is 10.2. The fourth-order valence-corrected chi connectivity index (χ4v) is 5.11. The Bertz CT molecular complexity index is 1650. The van der Waals surface area contributed by atoms with E-state index in [1.165, 1.54) is 37.4 Å². The van der Waals surface area contributed by atoms with Gasteiger partial charge in [0, 0.05) is 17.6 Å². The van der Waals surface area contributed by atoms with Crippen LogP contribution in [-0.4, -0.2) is 21.5 Å². The van der Waals surface area contributed by atoms with Crippen molar-refractivity contribution in [1.82, 2.24) is 0 Å². The third-order valence-electron chi connectivity index (χ3n) is 5.63. The number of esters is 1. The molecule has 0 fully saturated rings. The Morgan fingerprint density at radius 3 is 2.35 bits per heavy atom. The van der Waals surface area contributed by atoms with E-state index in [1.807, 2.05) is 0 Å². The van der Waals surface area contributed by atoms with Crippen molar-refractivity contribution < 1.29 is 35.9 Å². The predicted octanol–water partition coefficient (Wildman–Crippen LogP) is 7.00. The van der Waals surface area contributed by atoms with Crippen LogP contribution in [0.15, 0.2) is 95.9 Å². The van der Waals surface area contributed by atoms with Gasteiger partial charge < -0.3 is 14.8 Å². The van der Waals surface area contributed by atoms with Crippen molar-refractivity contribution in [3.8, 4) is 11.5 Å². The molecule has 0 heterocycles. The van der Waals surface area contributed by atoms with Gasteiger partial charge in [-0.3, -0.25) is 4.72 Å². The summed E-state index contributed by atoms with van der Waals surface area (Å²) >= 11 is 6.23. The summed E-state index contributed by atoms with van der Waals surface area (Å²) in [6.07, 6.45) is -4.63. The van der Waals surface area contributed by atoms with Crippen LogP contribution >= 0.6 is 11.6 Å². The topological polar surface area (TPSA) is 93.7 Å². The molecule has 208 valence electrons. The maximum absolute atomic E-state index is 13.5. The molecule has 12 heteroatoms. The van der Waals surface area contributed by atoms with Gasteiger partial charge in [0.05, 0.1) is 29.6 Å². The second-order valence-electron chi connectivity index (χ2n) is 8.41. The summed E-state index contributed by atoms with van der Waals surface area (Å²) in [6, 6.07) is 20.7. The van der Waals surface area contributed by atoms with E-state index in [-0.39, 0.29) is 34.1 Å². The molecule has 0 spiro atoms. The van der Waals surface area contributed by atoms with Crippen LogP contribution in [0.25, 0.3) is 0 Å². The van der Waals surface area contributed by atoms with Crippen LogP contribution in [-0.2, 0) is 22.7 Å². The Balaban J connectivity index is 1.68. The summed E-state index contributed by atoms with van der Waals surface area (Å²) in [5.74, 6) is -0.981. The van der Waals surface area contributed by atoms with Gasteiger partial charge in [-0.2, -0.15) is 13.2 Å². The standard InChI is InChI=1S/C28H22ClF3N2O5S/c1-38-22-9-5-8-21(16-22)34-40(36,37)26-14-18(12-13-25(26)33-17-19-6-2-3-11-24(19)29)27(35)39-23-10-4-7-20(15-23)28(30,31)32/h2-16,33-34H,17H2,1H3. The van der Waals surface area contributed by atoms with E-state index >= 15 is 0 Å². The Morgan fingerprint density at radius 2 is 1.62 bits per heavy atom. The summed E-state index contributed by atoms with van der Waals surface area (Å²) in [7, 11) is -2.86. The minimum Gasteiger partial charge on any atom is -0.497 e. The highest BCUT2D eigenvalue weighted by atomic mass is 35.5. The fourth-order valence-electron chi connectivity index (χ4n) is 3.65. The number of methoxy groups -OCH3 is 1. The molecule has 0 saturated heterocycles. The molecule has 0 aliphatic heterocycles.